The van der Waals surface area contributed by atoms with E-state index in [-0.39, 0.29) is 11.9 Å². The molecule has 1 aliphatic heterocycles. The van der Waals surface area contributed by atoms with Crippen LogP contribution < -0.4 is 10.6 Å². The molecule has 0 unspecified atom stereocenters. The van der Waals surface area contributed by atoms with Gasteiger partial charge >= 0.3 is 0 Å². The number of carbonyl (C=O) groups is 1. The maximum absolute atomic E-state index is 12.1. The normalized spacial score (nSPS) is 18.7. The van der Waals surface area contributed by atoms with Crippen LogP contribution in [0.15, 0.2) is 37.1 Å². The molecule has 1 aliphatic rings. The van der Waals surface area contributed by atoms with Gasteiger partial charge in [0.15, 0.2) is 0 Å². The highest BCUT2D eigenvalue weighted by atomic mass is 16.2. The smallest absolute Gasteiger partial charge is 0.241 e. The van der Waals surface area contributed by atoms with Gasteiger partial charge in [0.25, 0.3) is 0 Å². The number of pyridine rings is 1. The van der Waals surface area contributed by atoms with Crippen molar-refractivity contribution in [3.8, 4) is 5.82 Å². The lowest BCUT2D eigenvalue weighted by Gasteiger charge is -2.22. The van der Waals surface area contributed by atoms with Crippen LogP contribution in [0, 0.1) is 0 Å². The Bertz CT molecular complexity index is 558. The van der Waals surface area contributed by atoms with Gasteiger partial charge in [-0.2, -0.15) is 0 Å². The molecule has 2 aromatic heterocycles. The molecule has 2 N–H and O–H groups in total. The molecule has 0 aliphatic carbocycles. The van der Waals surface area contributed by atoms with E-state index in [1.165, 1.54) is 0 Å². The zero-order chi connectivity index (χ0) is 13.8. The van der Waals surface area contributed by atoms with Crippen molar-refractivity contribution in [3.63, 3.8) is 0 Å². The highest BCUT2D eigenvalue weighted by Gasteiger charge is 2.20. The molecule has 2 aromatic rings. The van der Waals surface area contributed by atoms with Gasteiger partial charge in [0.2, 0.25) is 5.91 Å². The molecule has 104 valence electrons. The van der Waals surface area contributed by atoms with Gasteiger partial charge in [0.1, 0.15) is 12.1 Å². The Kier molecular flexibility index (Phi) is 3.73. The summed E-state index contributed by atoms with van der Waals surface area (Å²) < 4.78 is 1.81. The van der Waals surface area contributed by atoms with Crippen LogP contribution in [-0.4, -0.2) is 33.0 Å². The monoisotopic (exact) mass is 271 g/mol. The fourth-order valence-corrected chi connectivity index (χ4v) is 2.31. The molecule has 3 rings (SSSR count). The van der Waals surface area contributed by atoms with Crippen molar-refractivity contribution in [2.24, 2.45) is 0 Å². The second-order valence-electron chi connectivity index (χ2n) is 4.87. The standard InChI is InChI=1S/C14H17N5O/c20-14(12-3-1-2-6-16-12)18-11-4-5-13(17-9-11)19-8-7-15-10-19/h4-5,7-10,12,16H,1-3,6H2,(H,18,20)/t12-/m0/s1. The first kappa shape index (κ1) is 12.8. The Labute approximate surface area is 117 Å². The first-order valence-corrected chi connectivity index (χ1v) is 6.81. The lowest BCUT2D eigenvalue weighted by Crippen LogP contribution is -2.43. The van der Waals surface area contributed by atoms with Gasteiger partial charge in [-0.05, 0) is 31.5 Å². The number of anilines is 1. The molecule has 6 heteroatoms. The highest BCUT2D eigenvalue weighted by Crippen LogP contribution is 2.12. The van der Waals surface area contributed by atoms with E-state index in [2.05, 4.69) is 20.6 Å². The van der Waals surface area contributed by atoms with E-state index in [1.54, 1.807) is 18.7 Å². The number of imidazole rings is 1. The van der Waals surface area contributed by atoms with Crippen LogP contribution in [0.3, 0.4) is 0 Å². The average Bonchev–Trinajstić information content (AvgIpc) is 3.03. The molecule has 0 radical (unpaired) electrons. The number of nitrogens with one attached hydrogen (secondary N) is 2. The average molecular weight is 271 g/mol. The summed E-state index contributed by atoms with van der Waals surface area (Å²) in [6.07, 6.45) is 10.0. The molecule has 1 saturated heterocycles. The van der Waals surface area contributed by atoms with Crippen molar-refractivity contribution in [3.05, 3.63) is 37.1 Å². The second kappa shape index (κ2) is 5.83. The first-order chi connectivity index (χ1) is 9.83. The van der Waals surface area contributed by atoms with Crippen LogP contribution in [0.1, 0.15) is 19.3 Å². The maximum atomic E-state index is 12.1. The van der Waals surface area contributed by atoms with E-state index >= 15 is 0 Å². The van der Waals surface area contributed by atoms with Gasteiger partial charge < -0.3 is 10.6 Å². The fraction of sp³-hybridized carbons (Fsp3) is 0.357. The number of amides is 1. The van der Waals surface area contributed by atoms with Gasteiger partial charge in [-0.1, -0.05) is 6.42 Å². The molecule has 0 bridgehead atoms. The molecule has 0 saturated carbocycles. The van der Waals surface area contributed by atoms with Gasteiger partial charge in [0.05, 0.1) is 17.9 Å². The minimum atomic E-state index is -0.0860. The van der Waals surface area contributed by atoms with Crippen molar-refractivity contribution in [1.82, 2.24) is 19.9 Å². The highest BCUT2D eigenvalue weighted by molar-refractivity contribution is 5.94. The molecule has 6 nitrogen and oxygen atoms in total. The minimum absolute atomic E-state index is 0.0156. The van der Waals surface area contributed by atoms with Crippen molar-refractivity contribution in [2.45, 2.75) is 25.3 Å². The van der Waals surface area contributed by atoms with E-state index in [1.807, 2.05) is 22.9 Å². The zero-order valence-electron chi connectivity index (χ0n) is 11.1. The predicted molar refractivity (Wildman–Crippen MR) is 75.6 cm³/mol. The molecule has 0 spiro atoms. The molecule has 1 atom stereocenters. The lowest BCUT2D eigenvalue weighted by molar-refractivity contribution is -0.118. The van der Waals surface area contributed by atoms with Gasteiger partial charge in [-0.15, -0.1) is 0 Å². The van der Waals surface area contributed by atoms with E-state index < -0.39 is 0 Å². The summed E-state index contributed by atoms with van der Waals surface area (Å²) >= 11 is 0. The summed E-state index contributed by atoms with van der Waals surface area (Å²) in [6.45, 7) is 0.913. The minimum Gasteiger partial charge on any atom is -0.323 e. The van der Waals surface area contributed by atoms with Crippen LogP contribution >= 0.6 is 0 Å². The number of piperidine rings is 1. The summed E-state index contributed by atoms with van der Waals surface area (Å²) in [5, 5.41) is 6.12. The van der Waals surface area contributed by atoms with Crippen molar-refractivity contribution < 1.29 is 4.79 Å². The van der Waals surface area contributed by atoms with Crippen molar-refractivity contribution in [1.29, 1.82) is 0 Å². The van der Waals surface area contributed by atoms with E-state index in [0.717, 1.165) is 31.6 Å². The largest absolute Gasteiger partial charge is 0.323 e. The number of hydrogen-bond donors (Lipinski definition) is 2. The lowest BCUT2D eigenvalue weighted by atomic mass is 10.0. The summed E-state index contributed by atoms with van der Waals surface area (Å²) in [7, 11) is 0. The molecule has 0 aromatic carbocycles. The van der Waals surface area contributed by atoms with Crippen molar-refractivity contribution >= 4 is 11.6 Å². The number of rotatable bonds is 3. The van der Waals surface area contributed by atoms with Crippen LogP contribution in [0.5, 0.6) is 0 Å². The quantitative estimate of drug-likeness (QED) is 0.884. The third-order valence-electron chi connectivity index (χ3n) is 3.41. The first-order valence-electron chi connectivity index (χ1n) is 6.81. The summed E-state index contributed by atoms with van der Waals surface area (Å²) in [5.41, 5.74) is 0.714. The number of carbonyl (C=O) groups excluding carboxylic acids is 1. The Morgan fingerprint density at radius 3 is 3.00 bits per heavy atom. The molecule has 1 amide bonds. The maximum Gasteiger partial charge on any atom is 0.241 e. The summed E-state index contributed by atoms with van der Waals surface area (Å²) in [5.74, 6) is 0.790. The molecular formula is C14H17N5O. The molecule has 20 heavy (non-hydrogen) atoms. The predicted octanol–water partition coefficient (Wildman–Crippen LogP) is 1.35. The third kappa shape index (κ3) is 2.85. The van der Waals surface area contributed by atoms with Crippen LogP contribution in [-0.2, 0) is 4.79 Å². The Hall–Kier alpha value is -2.21. The topological polar surface area (TPSA) is 71.8 Å². The SMILES string of the molecule is O=C(Nc1ccc(-n2ccnc2)nc1)[C@@H]1CCCCN1. The Morgan fingerprint density at radius 2 is 2.35 bits per heavy atom. The number of nitrogens with zero attached hydrogens (tertiary/aromatic N) is 3. The van der Waals surface area contributed by atoms with E-state index in [9.17, 15) is 4.79 Å². The third-order valence-corrected chi connectivity index (χ3v) is 3.41. The van der Waals surface area contributed by atoms with Gasteiger partial charge in [0, 0.05) is 12.4 Å². The number of hydrogen-bond acceptors (Lipinski definition) is 4. The zero-order valence-corrected chi connectivity index (χ0v) is 11.1. The van der Waals surface area contributed by atoms with Gasteiger partial charge in [-0.25, -0.2) is 9.97 Å². The molecule has 1 fully saturated rings. The van der Waals surface area contributed by atoms with E-state index in [4.69, 9.17) is 0 Å². The Balaban J connectivity index is 1.64. The van der Waals surface area contributed by atoms with Crippen LogP contribution in [0.25, 0.3) is 5.82 Å². The number of aromatic nitrogens is 3. The van der Waals surface area contributed by atoms with Gasteiger partial charge in [-0.3, -0.25) is 9.36 Å². The van der Waals surface area contributed by atoms with Crippen LogP contribution in [0.2, 0.25) is 0 Å². The second-order valence-corrected chi connectivity index (χ2v) is 4.87. The van der Waals surface area contributed by atoms with Crippen molar-refractivity contribution in [2.75, 3.05) is 11.9 Å². The van der Waals surface area contributed by atoms with E-state index in [0.29, 0.717) is 5.69 Å². The Morgan fingerprint density at radius 1 is 1.40 bits per heavy atom. The molecule has 3 heterocycles. The molecular weight excluding hydrogens is 254 g/mol. The fourth-order valence-electron chi connectivity index (χ4n) is 2.31. The van der Waals surface area contributed by atoms with Crippen LogP contribution in [0.4, 0.5) is 5.69 Å². The summed E-state index contributed by atoms with van der Waals surface area (Å²) in [6, 6.07) is 3.62. The summed E-state index contributed by atoms with van der Waals surface area (Å²) in [4.78, 5) is 20.3.